The number of nitrogens with one attached hydrogen (secondary N) is 2. The summed E-state index contributed by atoms with van der Waals surface area (Å²) in [7, 11) is -2.17. The molecule has 0 saturated heterocycles. The van der Waals surface area contributed by atoms with Gasteiger partial charge in [0.05, 0.1) is 18.1 Å². The number of anilines is 1. The Bertz CT molecular complexity index is 895. The predicted molar refractivity (Wildman–Crippen MR) is 109 cm³/mol. The molecule has 2 N–H and O–H groups in total. The Morgan fingerprint density at radius 3 is 2.32 bits per heavy atom. The third-order valence-electron chi connectivity index (χ3n) is 3.95. The maximum absolute atomic E-state index is 12.5. The molecule has 2 aromatic rings. The first-order valence-electron chi connectivity index (χ1n) is 9.15. The van der Waals surface area contributed by atoms with Gasteiger partial charge in [-0.05, 0) is 62.9 Å². The van der Waals surface area contributed by atoms with Crippen LogP contribution in [0.2, 0.25) is 0 Å². The second kappa shape index (κ2) is 10.1. The molecule has 0 heterocycles. The average molecular weight is 407 g/mol. The van der Waals surface area contributed by atoms with Crippen LogP contribution in [-0.2, 0) is 10.0 Å². The number of carbonyl (C=O) groups excluding carboxylic acids is 1. The number of benzene rings is 2. The van der Waals surface area contributed by atoms with E-state index in [1.54, 1.807) is 18.2 Å². The molecule has 8 heteroatoms. The third kappa shape index (κ3) is 5.71. The van der Waals surface area contributed by atoms with Crippen molar-refractivity contribution < 1.29 is 22.7 Å². The van der Waals surface area contributed by atoms with Gasteiger partial charge in [-0.15, -0.1) is 0 Å². The number of carbonyl (C=O) groups is 1. The fourth-order valence-corrected chi connectivity index (χ4v) is 3.13. The number of ether oxygens (including phenoxy) is 2. The minimum atomic E-state index is -3.52. The van der Waals surface area contributed by atoms with Gasteiger partial charge in [-0.25, -0.2) is 13.1 Å². The fraction of sp³-hybridized carbons (Fsp3) is 0.350. The summed E-state index contributed by atoms with van der Waals surface area (Å²) in [5, 5.41) is 2.75. The molecule has 0 atom stereocenters. The van der Waals surface area contributed by atoms with Gasteiger partial charge in [0, 0.05) is 11.3 Å². The first kappa shape index (κ1) is 21.7. The van der Waals surface area contributed by atoms with E-state index in [1.165, 1.54) is 31.3 Å². The molecule has 0 unspecified atom stereocenters. The zero-order chi connectivity index (χ0) is 20.6. The molecule has 0 aliphatic heterocycles. The molecule has 152 valence electrons. The van der Waals surface area contributed by atoms with Gasteiger partial charge in [0.1, 0.15) is 0 Å². The molecule has 1 amide bonds. The van der Waals surface area contributed by atoms with Crippen LogP contribution in [0.3, 0.4) is 0 Å². The van der Waals surface area contributed by atoms with Crippen molar-refractivity contribution in [2.24, 2.45) is 0 Å². The van der Waals surface area contributed by atoms with Crippen LogP contribution in [0, 0.1) is 0 Å². The van der Waals surface area contributed by atoms with E-state index in [-0.39, 0.29) is 10.8 Å². The van der Waals surface area contributed by atoms with Crippen LogP contribution in [0.15, 0.2) is 47.4 Å². The normalized spacial score (nSPS) is 11.1. The number of hydrogen-bond donors (Lipinski definition) is 2. The van der Waals surface area contributed by atoms with E-state index in [1.807, 2.05) is 6.92 Å². The van der Waals surface area contributed by atoms with Gasteiger partial charge >= 0.3 is 0 Å². The summed E-state index contributed by atoms with van der Waals surface area (Å²) < 4.78 is 37.1. The lowest BCUT2D eigenvalue weighted by molar-refractivity contribution is 0.102. The van der Waals surface area contributed by atoms with Crippen molar-refractivity contribution >= 4 is 21.6 Å². The molecule has 0 bridgehead atoms. The Balaban J connectivity index is 2.14. The Hall–Kier alpha value is -2.58. The van der Waals surface area contributed by atoms with Crippen molar-refractivity contribution in [3.05, 3.63) is 48.0 Å². The highest BCUT2D eigenvalue weighted by atomic mass is 32.2. The van der Waals surface area contributed by atoms with Gasteiger partial charge in [0.25, 0.3) is 5.91 Å². The van der Waals surface area contributed by atoms with Gasteiger partial charge in [-0.1, -0.05) is 13.3 Å². The lowest BCUT2D eigenvalue weighted by Crippen LogP contribution is -2.18. The SMILES string of the molecule is CCCCOc1ccc(C(=O)Nc2ccc(S(=O)(=O)NC)cc2)cc1OCC. The van der Waals surface area contributed by atoms with E-state index in [2.05, 4.69) is 17.0 Å². The van der Waals surface area contributed by atoms with Crippen LogP contribution in [0.5, 0.6) is 11.5 Å². The molecule has 0 aliphatic rings. The van der Waals surface area contributed by atoms with Crippen LogP contribution >= 0.6 is 0 Å². The molecule has 28 heavy (non-hydrogen) atoms. The van der Waals surface area contributed by atoms with E-state index in [0.29, 0.717) is 36.0 Å². The van der Waals surface area contributed by atoms with E-state index in [4.69, 9.17) is 9.47 Å². The van der Waals surface area contributed by atoms with Crippen LogP contribution in [0.25, 0.3) is 0 Å². The van der Waals surface area contributed by atoms with Crippen LogP contribution in [0.4, 0.5) is 5.69 Å². The summed E-state index contributed by atoms with van der Waals surface area (Å²) in [6.07, 6.45) is 1.96. The minimum absolute atomic E-state index is 0.125. The van der Waals surface area contributed by atoms with Crippen LogP contribution < -0.4 is 19.5 Å². The maximum Gasteiger partial charge on any atom is 0.255 e. The second-order valence-corrected chi connectivity index (χ2v) is 7.87. The number of unbranched alkanes of at least 4 members (excludes halogenated alkanes) is 1. The average Bonchev–Trinajstić information content (AvgIpc) is 2.69. The summed E-state index contributed by atoms with van der Waals surface area (Å²) in [6, 6.07) is 11.0. The molecule has 0 radical (unpaired) electrons. The number of amides is 1. The van der Waals surface area contributed by atoms with Crippen molar-refractivity contribution in [1.82, 2.24) is 4.72 Å². The first-order valence-corrected chi connectivity index (χ1v) is 10.6. The summed E-state index contributed by atoms with van der Waals surface area (Å²) >= 11 is 0. The zero-order valence-corrected chi connectivity index (χ0v) is 17.1. The number of hydrogen-bond acceptors (Lipinski definition) is 5. The van der Waals surface area contributed by atoms with Gasteiger partial charge in [0.2, 0.25) is 10.0 Å². The topological polar surface area (TPSA) is 93.7 Å². The Morgan fingerprint density at radius 1 is 1.00 bits per heavy atom. The molecule has 0 fully saturated rings. The van der Waals surface area contributed by atoms with Crippen molar-refractivity contribution in [2.45, 2.75) is 31.6 Å². The van der Waals surface area contributed by atoms with Crippen molar-refractivity contribution in [3.8, 4) is 11.5 Å². The maximum atomic E-state index is 12.5. The standard InChI is InChI=1S/C20H26N2O5S/c1-4-6-13-27-18-12-7-15(14-19(18)26-5-2)20(23)22-16-8-10-17(11-9-16)28(24,25)21-3/h7-12,14,21H,4-6,13H2,1-3H3,(H,22,23). The fourth-order valence-electron chi connectivity index (χ4n) is 2.40. The molecular weight excluding hydrogens is 380 g/mol. The Kier molecular flexibility index (Phi) is 7.83. The summed E-state index contributed by atoms with van der Waals surface area (Å²) in [5.41, 5.74) is 0.902. The molecule has 0 aromatic heterocycles. The largest absolute Gasteiger partial charge is 0.490 e. The Morgan fingerprint density at radius 2 is 1.71 bits per heavy atom. The summed E-state index contributed by atoms with van der Waals surface area (Å²) in [6.45, 7) is 4.99. The minimum Gasteiger partial charge on any atom is -0.490 e. The summed E-state index contributed by atoms with van der Waals surface area (Å²) in [5.74, 6) is 0.792. The number of sulfonamides is 1. The molecular formula is C20H26N2O5S. The summed E-state index contributed by atoms with van der Waals surface area (Å²) in [4.78, 5) is 12.7. The van der Waals surface area contributed by atoms with Crippen molar-refractivity contribution in [1.29, 1.82) is 0 Å². The second-order valence-electron chi connectivity index (χ2n) is 5.98. The molecule has 2 aromatic carbocycles. The van der Waals surface area contributed by atoms with Crippen molar-refractivity contribution in [2.75, 3.05) is 25.6 Å². The van der Waals surface area contributed by atoms with E-state index < -0.39 is 10.0 Å². The molecule has 7 nitrogen and oxygen atoms in total. The third-order valence-corrected chi connectivity index (χ3v) is 5.38. The quantitative estimate of drug-likeness (QED) is 0.590. The highest BCUT2D eigenvalue weighted by molar-refractivity contribution is 7.89. The predicted octanol–water partition coefficient (Wildman–Crippen LogP) is 3.42. The first-order chi connectivity index (χ1) is 13.4. The van der Waals surface area contributed by atoms with E-state index in [9.17, 15) is 13.2 Å². The van der Waals surface area contributed by atoms with E-state index >= 15 is 0 Å². The Labute approximate surface area is 166 Å². The lowest BCUT2D eigenvalue weighted by atomic mass is 10.1. The monoisotopic (exact) mass is 406 g/mol. The van der Waals surface area contributed by atoms with Crippen molar-refractivity contribution in [3.63, 3.8) is 0 Å². The highest BCUT2D eigenvalue weighted by Gasteiger charge is 2.14. The van der Waals surface area contributed by atoms with E-state index in [0.717, 1.165) is 12.8 Å². The van der Waals surface area contributed by atoms with Gasteiger partial charge in [-0.3, -0.25) is 4.79 Å². The van der Waals surface area contributed by atoms with Gasteiger partial charge < -0.3 is 14.8 Å². The lowest BCUT2D eigenvalue weighted by Gasteiger charge is -2.13. The molecule has 0 saturated carbocycles. The molecule has 2 rings (SSSR count). The smallest absolute Gasteiger partial charge is 0.255 e. The van der Waals surface area contributed by atoms with Gasteiger partial charge in [-0.2, -0.15) is 0 Å². The van der Waals surface area contributed by atoms with Crippen LogP contribution in [0.1, 0.15) is 37.0 Å². The molecule has 0 aliphatic carbocycles. The highest BCUT2D eigenvalue weighted by Crippen LogP contribution is 2.29. The van der Waals surface area contributed by atoms with Crippen LogP contribution in [-0.4, -0.2) is 34.6 Å². The zero-order valence-electron chi connectivity index (χ0n) is 16.3. The molecule has 0 spiro atoms. The van der Waals surface area contributed by atoms with Gasteiger partial charge in [0.15, 0.2) is 11.5 Å². The number of rotatable bonds is 10.